The SMILES string of the molecule is CNCC(=O)Nc1cc(Cl)ccc1N1CCCCC1.Cl.Cl. The molecular formula is C14H22Cl3N3O. The van der Waals surface area contributed by atoms with Crippen LogP contribution in [0.25, 0.3) is 0 Å². The molecule has 2 rings (SSSR count). The van der Waals surface area contributed by atoms with Gasteiger partial charge in [-0.15, -0.1) is 24.8 Å². The summed E-state index contributed by atoms with van der Waals surface area (Å²) in [4.78, 5) is 14.0. The number of nitrogens with one attached hydrogen (secondary N) is 2. The van der Waals surface area contributed by atoms with Crippen molar-refractivity contribution in [1.82, 2.24) is 5.32 Å². The van der Waals surface area contributed by atoms with Crippen molar-refractivity contribution in [3.05, 3.63) is 23.2 Å². The van der Waals surface area contributed by atoms with Gasteiger partial charge in [-0.05, 0) is 44.5 Å². The Morgan fingerprint density at radius 2 is 1.90 bits per heavy atom. The van der Waals surface area contributed by atoms with E-state index in [-0.39, 0.29) is 30.7 Å². The molecule has 0 aliphatic carbocycles. The molecule has 0 spiro atoms. The lowest BCUT2D eigenvalue weighted by Crippen LogP contribution is -2.31. The van der Waals surface area contributed by atoms with E-state index in [0.29, 0.717) is 11.6 Å². The van der Waals surface area contributed by atoms with Crippen molar-refractivity contribution >= 4 is 53.7 Å². The monoisotopic (exact) mass is 353 g/mol. The van der Waals surface area contributed by atoms with Gasteiger partial charge in [-0.3, -0.25) is 4.79 Å². The fourth-order valence-electron chi connectivity index (χ4n) is 2.37. The van der Waals surface area contributed by atoms with Crippen LogP contribution in [0.4, 0.5) is 11.4 Å². The molecule has 1 aromatic rings. The van der Waals surface area contributed by atoms with Gasteiger partial charge in [0.1, 0.15) is 0 Å². The summed E-state index contributed by atoms with van der Waals surface area (Å²) >= 11 is 6.03. The van der Waals surface area contributed by atoms with Gasteiger partial charge in [-0.1, -0.05) is 11.6 Å². The molecule has 1 aliphatic heterocycles. The Labute approximate surface area is 143 Å². The third-order valence-corrected chi connectivity index (χ3v) is 3.50. The molecule has 1 fully saturated rings. The van der Waals surface area contributed by atoms with E-state index in [2.05, 4.69) is 15.5 Å². The number of hydrogen-bond donors (Lipinski definition) is 2. The Balaban J connectivity index is 0.00000200. The smallest absolute Gasteiger partial charge is 0.238 e. The number of carbonyl (C=O) groups excluding carboxylic acids is 1. The van der Waals surface area contributed by atoms with Crippen molar-refractivity contribution in [2.24, 2.45) is 0 Å². The molecule has 0 bridgehead atoms. The van der Waals surface area contributed by atoms with E-state index in [0.717, 1.165) is 24.5 Å². The maximum Gasteiger partial charge on any atom is 0.238 e. The van der Waals surface area contributed by atoms with E-state index in [9.17, 15) is 4.79 Å². The molecule has 1 saturated heterocycles. The lowest BCUT2D eigenvalue weighted by Gasteiger charge is -2.30. The lowest BCUT2D eigenvalue weighted by atomic mass is 10.1. The summed E-state index contributed by atoms with van der Waals surface area (Å²) in [7, 11) is 1.75. The van der Waals surface area contributed by atoms with Crippen LogP contribution in [0.3, 0.4) is 0 Å². The van der Waals surface area contributed by atoms with Gasteiger partial charge >= 0.3 is 0 Å². The zero-order valence-corrected chi connectivity index (χ0v) is 14.4. The Morgan fingerprint density at radius 3 is 2.52 bits per heavy atom. The number of halogens is 3. The van der Waals surface area contributed by atoms with Crippen LogP contribution in [0.2, 0.25) is 5.02 Å². The topological polar surface area (TPSA) is 44.4 Å². The molecule has 0 saturated carbocycles. The molecule has 1 heterocycles. The van der Waals surface area contributed by atoms with Gasteiger partial charge in [0.05, 0.1) is 17.9 Å². The third-order valence-electron chi connectivity index (χ3n) is 3.27. The average molecular weight is 355 g/mol. The van der Waals surface area contributed by atoms with Gasteiger partial charge in [0.25, 0.3) is 0 Å². The van der Waals surface area contributed by atoms with Gasteiger partial charge in [-0.25, -0.2) is 0 Å². The second-order valence-electron chi connectivity index (χ2n) is 4.79. The first-order valence-electron chi connectivity index (χ1n) is 6.69. The van der Waals surface area contributed by atoms with E-state index in [1.807, 2.05) is 18.2 Å². The van der Waals surface area contributed by atoms with Crippen LogP contribution in [0.15, 0.2) is 18.2 Å². The number of piperidine rings is 1. The van der Waals surface area contributed by atoms with Crippen molar-refractivity contribution in [2.75, 3.05) is 36.9 Å². The molecule has 0 atom stereocenters. The van der Waals surface area contributed by atoms with Gasteiger partial charge in [0, 0.05) is 18.1 Å². The minimum atomic E-state index is -0.0528. The summed E-state index contributed by atoms with van der Waals surface area (Å²) in [6, 6.07) is 5.68. The molecular weight excluding hydrogens is 333 g/mol. The molecule has 1 amide bonds. The molecule has 0 radical (unpaired) electrons. The molecule has 120 valence electrons. The highest BCUT2D eigenvalue weighted by atomic mass is 35.5. The van der Waals surface area contributed by atoms with Gasteiger partial charge in [-0.2, -0.15) is 0 Å². The summed E-state index contributed by atoms with van der Waals surface area (Å²) in [5.74, 6) is -0.0528. The highest BCUT2D eigenvalue weighted by Crippen LogP contribution is 2.31. The van der Waals surface area contributed by atoms with Crippen LogP contribution in [0, 0.1) is 0 Å². The number of nitrogens with zero attached hydrogens (tertiary/aromatic N) is 1. The first-order valence-corrected chi connectivity index (χ1v) is 7.07. The predicted octanol–water partition coefficient (Wildman–Crippen LogP) is 3.33. The number of anilines is 2. The van der Waals surface area contributed by atoms with E-state index in [4.69, 9.17) is 11.6 Å². The van der Waals surface area contributed by atoms with Crippen LogP contribution >= 0.6 is 36.4 Å². The van der Waals surface area contributed by atoms with Crippen LogP contribution in [0.1, 0.15) is 19.3 Å². The fourth-order valence-corrected chi connectivity index (χ4v) is 2.55. The number of hydrogen-bond acceptors (Lipinski definition) is 3. The second kappa shape index (κ2) is 10.1. The maximum absolute atomic E-state index is 11.7. The number of amides is 1. The summed E-state index contributed by atoms with van der Waals surface area (Å²) in [6.07, 6.45) is 3.69. The van der Waals surface area contributed by atoms with Gasteiger partial charge < -0.3 is 15.5 Å². The van der Waals surface area contributed by atoms with Crippen molar-refractivity contribution in [3.63, 3.8) is 0 Å². The molecule has 0 unspecified atom stereocenters. The van der Waals surface area contributed by atoms with E-state index in [1.54, 1.807) is 7.05 Å². The van der Waals surface area contributed by atoms with E-state index >= 15 is 0 Å². The Bertz CT molecular complexity index is 451. The van der Waals surface area contributed by atoms with Gasteiger partial charge in [0.2, 0.25) is 5.91 Å². The number of benzene rings is 1. The molecule has 1 aliphatic rings. The molecule has 1 aromatic carbocycles. The quantitative estimate of drug-likeness (QED) is 0.871. The second-order valence-corrected chi connectivity index (χ2v) is 5.22. The van der Waals surface area contributed by atoms with Crippen LogP contribution in [-0.2, 0) is 4.79 Å². The normalized spacial score (nSPS) is 13.9. The minimum absolute atomic E-state index is 0. The molecule has 0 aromatic heterocycles. The Hall–Kier alpha value is -0.680. The number of likely N-dealkylation sites (N-methyl/N-ethyl adjacent to an activating group) is 1. The first-order chi connectivity index (χ1) is 9.20. The highest BCUT2D eigenvalue weighted by molar-refractivity contribution is 6.31. The van der Waals surface area contributed by atoms with Crippen molar-refractivity contribution in [1.29, 1.82) is 0 Å². The Kier molecular flexibility index (Phi) is 9.79. The van der Waals surface area contributed by atoms with Crippen LogP contribution in [-0.4, -0.2) is 32.6 Å². The summed E-state index contributed by atoms with van der Waals surface area (Å²) < 4.78 is 0. The third kappa shape index (κ3) is 5.91. The summed E-state index contributed by atoms with van der Waals surface area (Å²) in [5.41, 5.74) is 1.86. The summed E-state index contributed by atoms with van der Waals surface area (Å²) in [6.45, 7) is 2.37. The molecule has 21 heavy (non-hydrogen) atoms. The molecule has 4 nitrogen and oxygen atoms in total. The Morgan fingerprint density at radius 1 is 1.24 bits per heavy atom. The molecule has 2 N–H and O–H groups in total. The standard InChI is InChI=1S/C14H20ClN3O.2ClH/c1-16-10-14(19)17-12-9-11(15)5-6-13(12)18-7-3-2-4-8-18;;/h5-6,9,16H,2-4,7-8,10H2,1H3,(H,17,19);2*1H. The van der Waals surface area contributed by atoms with Gasteiger partial charge in [0.15, 0.2) is 0 Å². The average Bonchev–Trinajstić information content (AvgIpc) is 2.40. The minimum Gasteiger partial charge on any atom is -0.370 e. The fraction of sp³-hybridized carbons (Fsp3) is 0.500. The summed E-state index contributed by atoms with van der Waals surface area (Å²) in [5, 5.41) is 6.40. The molecule has 7 heteroatoms. The lowest BCUT2D eigenvalue weighted by molar-refractivity contribution is -0.115. The van der Waals surface area contributed by atoms with Crippen molar-refractivity contribution in [2.45, 2.75) is 19.3 Å². The zero-order chi connectivity index (χ0) is 13.7. The largest absolute Gasteiger partial charge is 0.370 e. The van der Waals surface area contributed by atoms with Crippen LogP contribution < -0.4 is 15.5 Å². The first kappa shape index (κ1) is 20.3. The zero-order valence-electron chi connectivity index (χ0n) is 12.0. The number of rotatable bonds is 4. The predicted molar refractivity (Wildman–Crippen MR) is 94.6 cm³/mol. The van der Waals surface area contributed by atoms with Crippen molar-refractivity contribution < 1.29 is 4.79 Å². The highest BCUT2D eigenvalue weighted by Gasteiger charge is 2.16. The number of carbonyl (C=O) groups is 1. The van der Waals surface area contributed by atoms with E-state index < -0.39 is 0 Å². The van der Waals surface area contributed by atoms with Crippen LogP contribution in [0.5, 0.6) is 0 Å². The maximum atomic E-state index is 11.7. The van der Waals surface area contributed by atoms with E-state index in [1.165, 1.54) is 19.3 Å². The van der Waals surface area contributed by atoms with Crippen molar-refractivity contribution in [3.8, 4) is 0 Å².